The highest BCUT2D eigenvalue weighted by Gasteiger charge is 2.17. The fourth-order valence-electron chi connectivity index (χ4n) is 2.78. The maximum Gasteiger partial charge on any atom is 0.154 e. The lowest BCUT2D eigenvalue weighted by molar-refractivity contribution is 1.03. The van der Waals surface area contributed by atoms with Crippen molar-refractivity contribution in [1.82, 2.24) is 5.43 Å². The summed E-state index contributed by atoms with van der Waals surface area (Å²) < 4.78 is 0.987. The van der Waals surface area contributed by atoms with Crippen molar-refractivity contribution in [3.63, 3.8) is 0 Å². The van der Waals surface area contributed by atoms with Crippen LogP contribution in [0.5, 0.6) is 0 Å². The van der Waals surface area contributed by atoms with Crippen LogP contribution in [-0.4, -0.2) is 11.5 Å². The number of hydrazone groups is 1. The summed E-state index contributed by atoms with van der Waals surface area (Å²) in [6, 6.07) is 21.9. The minimum absolute atomic E-state index is 0.687. The highest BCUT2D eigenvalue weighted by atomic mass is 79.9. The SMILES string of the molecule is Cc1ccc(C2=NNC(c3ccc(Cl)cc3)=Nc3ccc(Br)cc32)cc1. The van der Waals surface area contributed by atoms with E-state index in [0.717, 1.165) is 32.6 Å². The molecule has 0 aromatic heterocycles. The molecule has 3 aromatic carbocycles. The van der Waals surface area contributed by atoms with E-state index in [1.165, 1.54) is 5.56 Å². The predicted molar refractivity (Wildman–Crippen MR) is 112 cm³/mol. The van der Waals surface area contributed by atoms with Crippen LogP contribution in [0.2, 0.25) is 5.02 Å². The first kappa shape index (κ1) is 17.0. The number of nitrogens with one attached hydrogen (secondary N) is 1. The molecule has 0 aliphatic carbocycles. The van der Waals surface area contributed by atoms with Gasteiger partial charge in [0.25, 0.3) is 0 Å². The van der Waals surface area contributed by atoms with Gasteiger partial charge in [-0.05, 0) is 49.4 Å². The van der Waals surface area contributed by atoms with Crippen LogP contribution in [0.4, 0.5) is 5.69 Å². The van der Waals surface area contributed by atoms with Crippen molar-refractivity contribution in [2.45, 2.75) is 6.92 Å². The first-order valence-corrected chi connectivity index (χ1v) is 9.32. The molecule has 0 spiro atoms. The molecule has 128 valence electrons. The van der Waals surface area contributed by atoms with Crippen molar-refractivity contribution < 1.29 is 0 Å². The molecule has 1 aliphatic rings. The zero-order valence-corrected chi connectivity index (χ0v) is 16.3. The van der Waals surface area contributed by atoms with Gasteiger partial charge in [-0.15, -0.1) is 0 Å². The fraction of sp³-hybridized carbons (Fsp3) is 0.0476. The van der Waals surface area contributed by atoms with Gasteiger partial charge in [0, 0.05) is 26.2 Å². The van der Waals surface area contributed by atoms with Crippen LogP contribution in [0.3, 0.4) is 0 Å². The van der Waals surface area contributed by atoms with Gasteiger partial charge in [0.2, 0.25) is 0 Å². The van der Waals surface area contributed by atoms with Gasteiger partial charge in [0.05, 0.1) is 5.69 Å². The number of benzene rings is 3. The fourth-order valence-corrected chi connectivity index (χ4v) is 3.27. The molecular weight excluding hydrogens is 410 g/mol. The van der Waals surface area contributed by atoms with Gasteiger partial charge in [0.1, 0.15) is 5.71 Å². The number of hydrogen-bond donors (Lipinski definition) is 1. The molecule has 3 aromatic rings. The van der Waals surface area contributed by atoms with E-state index in [2.05, 4.69) is 57.6 Å². The van der Waals surface area contributed by atoms with Crippen molar-refractivity contribution >= 4 is 44.8 Å². The smallest absolute Gasteiger partial charge is 0.154 e. The first-order chi connectivity index (χ1) is 12.6. The Balaban J connectivity index is 1.85. The van der Waals surface area contributed by atoms with Gasteiger partial charge >= 0.3 is 0 Å². The summed E-state index contributed by atoms with van der Waals surface area (Å²) in [4.78, 5) is 4.80. The topological polar surface area (TPSA) is 36.8 Å². The van der Waals surface area contributed by atoms with Crippen LogP contribution < -0.4 is 5.43 Å². The van der Waals surface area contributed by atoms with E-state index in [0.29, 0.717) is 10.9 Å². The molecule has 3 nitrogen and oxygen atoms in total. The standard InChI is InChI=1S/C21H15BrClN3/c1-13-2-4-14(5-3-13)20-18-12-16(22)8-11-19(18)24-21(26-25-20)15-6-9-17(23)10-7-15/h2-12H,1H3,(H,24,26). The normalized spacial score (nSPS) is 13.2. The van der Waals surface area contributed by atoms with Gasteiger partial charge in [-0.2, -0.15) is 5.10 Å². The van der Waals surface area contributed by atoms with E-state index in [-0.39, 0.29) is 0 Å². The molecule has 0 saturated carbocycles. The Morgan fingerprint density at radius 1 is 0.885 bits per heavy atom. The Morgan fingerprint density at radius 3 is 2.31 bits per heavy atom. The van der Waals surface area contributed by atoms with Crippen LogP contribution in [-0.2, 0) is 0 Å². The Morgan fingerprint density at radius 2 is 1.58 bits per heavy atom. The molecule has 1 N–H and O–H groups in total. The lowest BCUT2D eigenvalue weighted by Gasteiger charge is -2.08. The Labute approximate surface area is 165 Å². The zero-order valence-electron chi connectivity index (χ0n) is 14.0. The van der Waals surface area contributed by atoms with Crippen LogP contribution in [0.25, 0.3) is 0 Å². The maximum absolute atomic E-state index is 6.00. The van der Waals surface area contributed by atoms with Gasteiger partial charge in [0.15, 0.2) is 5.84 Å². The monoisotopic (exact) mass is 423 g/mol. The van der Waals surface area contributed by atoms with Gasteiger partial charge in [-0.1, -0.05) is 57.4 Å². The van der Waals surface area contributed by atoms with Crippen LogP contribution >= 0.6 is 27.5 Å². The van der Waals surface area contributed by atoms with Crippen LogP contribution in [0, 0.1) is 6.92 Å². The number of hydrogen-bond acceptors (Lipinski definition) is 3. The summed E-state index contributed by atoms with van der Waals surface area (Å²) in [5, 5.41) is 5.36. The second-order valence-electron chi connectivity index (χ2n) is 6.07. The lowest BCUT2D eigenvalue weighted by Crippen LogP contribution is -2.19. The lowest BCUT2D eigenvalue weighted by atomic mass is 10.00. The molecule has 0 amide bonds. The number of rotatable bonds is 2. The summed E-state index contributed by atoms with van der Waals surface area (Å²) in [5.74, 6) is 0.687. The Hall–Kier alpha value is -2.43. The van der Waals surface area contributed by atoms with Gasteiger partial charge in [-0.3, -0.25) is 5.43 Å². The van der Waals surface area contributed by atoms with E-state index in [1.54, 1.807) is 0 Å². The summed E-state index contributed by atoms with van der Waals surface area (Å²) in [6.45, 7) is 2.07. The van der Waals surface area contributed by atoms with Crippen molar-refractivity contribution in [3.05, 3.63) is 98.5 Å². The largest absolute Gasteiger partial charge is 0.260 e. The van der Waals surface area contributed by atoms with E-state index >= 15 is 0 Å². The first-order valence-electron chi connectivity index (χ1n) is 8.15. The second kappa shape index (κ2) is 7.06. The molecule has 0 bridgehead atoms. The van der Waals surface area contributed by atoms with Crippen molar-refractivity contribution in [3.8, 4) is 0 Å². The van der Waals surface area contributed by atoms with Crippen molar-refractivity contribution in [2.24, 2.45) is 10.1 Å². The van der Waals surface area contributed by atoms with Crippen LogP contribution in [0.15, 0.2) is 81.3 Å². The summed E-state index contributed by atoms with van der Waals surface area (Å²) in [6.07, 6.45) is 0. The highest BCUT2D eigenvalue weighted by Crippen LogP contribution is 2.29. The predicted octanol–water partition coefficient (Wildman–Crippen LogP) is 5.84. The maximum atomic E-state index is 6.00. The third-order valence-corrected chi connectivity index (χ3v) is 4.91. The number of halogens is 2. The number of fused-ring (bicyclic) bond motifs is 1. The third-order valence-electron chi connectivity index (χ3n) is 4.16. The number of amidine groups is 1. The van der Waals surface area contributed by atoms with E-state index in [9.17, 15) is 0 Å². The molecule has 0 saturated heterocycles. The number of aliphatic imine (C=N–C) groups is 1. The molecule has 1 aliphatic heterocycles. The zero-order chi connectivity index (χ0) is 18.1. The van der Waals surface area contributed by atoms with Crippen molar-refractivity contribution in [2.75, 3.05) is 0 Å². The summed E-state index contributed by atoms with van der Waals surface area (Å²) in [5.41, 5.74) is 8.99. The summed E-state index contributed by atoms with van der Waals surface area (Å²) in [7, 11) is 0. The highest BCUT2D eigenvalue weighted by molar-refractivity contribution is 9.10. The Kier molecular flexibility index (Phi) is 4.62. The Bertz CT molecular complexity index is 1020. The molecule has 4 rings (SSSR count). The molecule has 0 radical (unpaired) electrons. The van der Waals surface area contributed by atoms with E-state index < -0.39 is 0 Å². The van der Waals surface area contributed by atoms with Gasteiger partial charge in [-0.25, -0.2) is 4.99 Å². The number of nitrogens with zero attached hydrogens (tertiary/aromatic N) is 2. The molecule has 26 heavy (non-hydrogen) atoms. The molecule has 1 heterocycles. The van der Waals surface area contributed by atoms with E-state index in [4.69, 9.17) is 16.6 Å². The van der Waals surface area contributed by atoms with E-state index in [1.807, 2.05) is 42.5 Å². The average Bonchev–Trinajstić information content (AvgIpc) is 2.83. The summed E-state index contributed by atoms with van der Waals surface area (Å²) >= 11 is 9.56. The van der Waals surface area contributed by atoms with Gasteiger partial charge < -0.3 is 0 Å². The van der Waals surface area contributed by atoms with Crippen LogP contribution in [0.1, 0.15) is 22.3 Å². The third kappa shape index (κ3) is 3.43. The molecule has 0 unspecified atom stereocenters. The minimum Gasteiger partial charge on any atom is -0.260 e. The molecular formula is C21H15BrClN3. The average molecular weight is 425 g/mol. The minimum atomic E-state index is 0.687. The van der Waals surface area contributed by atoms with Crippen molar-refractivity contribution in [1.29, 1.82) is 0 Å². The molecule has 0 atom stereocenters. The molecule has 0 fully saturated rings. The molecule has 5 heteroatoms. The second-order valence-corrected chi connectivity index (χ2v) is 7.42. The quantitative estimate of drug-likeness (QED) is 0.551. The number of aryl methyl sites for hydroxylation is 1.